The number of nitrogens with zero attached hydrogens (tertiary/aromatic N) is 2. The summed E-state index contributed by atoms with van der Waals surface area (Å²) in [7, 11) is -0.496. The first-order valence-electron chi connectivity index (χ1n) is 8.67. The van der Waals surface area contributed by atoms with Crippen LogP contribution in [0.1, 0.15) is 42.1 Å². The normalized spacial score (nSPS) is 16.8. The predicted molar refractivity (Wildman–Crippen MR) is 97.4 cm³/mol. The highest BCUT2D eigenvalue weighted by Gasteiger charge is 2.28. The predicted octanol–water partition coefficient (Wildman–Crippen LogP) is 1.80. The van der Waals surface area contributed by atoms with Crippen LogP contribution in [0.3, 0.4) is 0 Å². The zero-order valence-electron chi connectivity index (χ0n) is 15.7. The van der Waals surface area contributed by atoms with Crippen LogP contribution in [0.15, 0.2) is 23.1 Å². The molecule has 1 aromatic carbocycles. The second kappa shape index (κ2) is 8.18. The van der Waals surface area contributed by atoms with Crippen LogP contribution in [0.2, 0.25) is 0 Å². The number of rotatable bonds is 5. The van der Waals surface area contributed by atoms with Crippen molar-refractivity contribution in [1.82, 2.24) is 9.21 Å². The van der Waals surface area contributed by atoms with Gasteiger partial charge in [0.25, 0.3) is 5.91 Å². The van der Waals surface area contributed by atoms with E-state index in [0.29, 0.717) is 18.7 Å². The van der Waals surface area contributed by atoms with Crippen LogP contribution < -0.4 is 0 Å². The van der Waals surface area contributed by atoms with Gasteiger partial charge in [-0.15, -0.1) is 0 Å². The van der Waals surface area contributed by atoms with Crippen molar-refractivity contribution in [1.29, 1.82) is 0 Å². The van der Waals surface area contributed by atoms with Crippen LogP contribution >= 0.6 is 0 Å². The first kappa shape index (κ1) is 20.4. The number of piperidine rings is 1. The molecule has 0 bridgehead atoms. The van der Waals surface area contributed by atoms with Gasteiger partial charge in [-0.1, -0.05) is 12.5 Å². The number of amides is 1. The largest absolute Gasteiger partial charge is 0.449 e. The minimum atomic E-state index is -3.64. The molecule has 0 aromatic heterocycles. The summed E-state index contributed by atoms with van der Waals surface area (Å²) >= 11 is 0. The van der Waals surface area contributed by atoms with Crippen molar-refractivity contribution in [2.45, 2.75) is 44.1 Å². The summed E-state index contributed by atoms with van der Waals surface area (Å²) in [5.74, 6) is -1.05. The number of carbonyl (C=O) groups excluding carboxylic acids is 2. The number of likely N-dealkylation sites (N-methyl/N-ethyl adjacent to an activating group) is 1. The van der Waals surface area contributed by atoms with E-state index in [-0.39, 0.29) is 16.4 Å². The Bertz CT molecular complexity index is 783. The molecule has 26 heavy (non-hydrogen) atoms. The fourth-order valence-corrected chi connectivity index (χ4v) is 4.42. The first-order valence-corrected chi connectivity index (χ1v) is 10.1. The lowest BCUT2D eigenvalue weighted by Gasteiger charge is -2.26. The minimum absolute atomic E-state index is 0.0727. The first-order chi connectivity index (χ1) is 12.1. The smallest absolute Gasteiger partial charge is 0.339 e. The maximum Gasteiger partial charge on any atom is 0.339 e. The fourth-order valence-electron chi connectivity index (χ4n) is 2.87. The lowest BCUT2D eigenvalue weighted by molar-refractivity contribution is -0.137. The zero-order chi connectivity index (χ0) is 19.5. The Morgan fingerprint density at radius 1 is 1.15 bits per heavy atom. The Labute approximate surface area is 155 Å². The lowest BCUT2D eigenvalue weighted by Crippen LogP contribution is -2.36. The number of carbonyl (C=O) groups is 2. The van der Waals surface area contributed by atoms with Gasteiger partial charge in [-0.3, -0.25) is 4.79 Å². The van der Waals surface area contributed by atoms with Gasteiger partial charge in [-0.05, 0) is 44.4 Å². The van der Waals surface area contributed by atoms with Gasteiger partial charge < -0.3 is 9.64 Å². The molecule has 144 valence electrons. The van der Waals surface area contributed by atoms with E-state index in [4.69, 9.17) is 4.74 Å². The van der Waals surface area contributed by atoms with E-state index in [0.717, 1.165) is 19.3 Å². The van der Waals surface area contributed by atoms with Crippen molar-refractivity contribution in [3.63, 3.8) is 0 Å². The average Bonchev–Trinajstić information content (AvgIpc) is 2.61. The maximum atomic E-state index is 12.8. The molecule has 0 N–H and O–H groups in total. The summed E-state index contributed by atoms with van der Waals surface area (Å²) < 4.78 is 32.3. The molecule has 0 spiro atoms. The molecule has 1 unspecified atom stereocenters. The number of hydrogen-bond donors (Lipinski definition) is 0. The number of hydrogen-bond acceptors (Lipinski definition) is 5. The summed E-state index contributed by atoms with van der Waals surface area (Å²) in [4.78, 5) is 25.7. The van der Waals surface area contributed by atoms with Crippen LogP contribution in [0.5, 0.6) is 0 Å². The number of esters is 1. The molecule has 1 saturated heterocycles. The highest BCUT2D eigenvalue weighted by molar-refractivity contribution is 7.89. The Balaban J connectivity index is 2.26. The van der Waals surface area contributed by atoms with Gasteiger partial charge in [-0.25, -0.2) is 13.2 Å². The molecule has 1 aliphatic heterocycles. The zero-order valence-corrected chi connectivity index (χ0v) is 16.5. The summed E-state index contributed by atoms with van der Waals surface area (Å²) in [6.45, 7) is 4.17. The van der Waals surface area contributed by atoms with E-state index in [1.54, 1.807) is 27.1 Å². The van der Waals surface area contributed by atoms with Crippen LogP contribution in [0.4, 0.5) is 0 Å². The van der Waals surface area contributed by atoms with Crippen LogP contribution in [0, 0.1) is 6.92 Å². The second-order valence-corrected chi connectivity index (χ2v) is 8.66. The fraction of sp³-hybridized carbons (Fsp3) is 0.556. The van der Waals surface area contributed by atoms with E-state index >= 15 is 0 Å². The van der Waals surface area contributed by atoms with E-state index in [1.807, 2.05) is 0 Å². The highest BCUT2D eigenvalue weighted by Crippen LogP contribution is 2.23. The van der Waals surface area contributed by atoms with Gasteiger partial charge in [0.05, 0.1) is 10.5 Å². The van der Waals surface area contributed by atoms with Gasteiger partial charge in [-0.2, -0.15) is 4.31 Å². The van der Waals surface area contributed by atoms with Gasteiger partial charge in [0.15, 0.2) is 6.10 Å². The summed E-state index contributed by atoms with van der Waals surface area (Å²) in [5, 5.41) is 0. The number of ether oxygens (including phenoxy) is 1. The summed E-state index contributed by atoms with van der Waals surface area (Å²) in [5.41, 5.74) is 0.749. The molecular weight excluding hydrogens is 356 g/mol. The molecule has 8 heteroatoms. The van der Waals surface area contributed by atoms with Crippen LogP contribution in [-0.4, -0.2) is 62.8 Å². The third kappa shape index (κ3) is 4.42. The van der Waals surface area contributed by atoms with Crippen molar-refractivity contribution < 1.29 is 22.7 Å². The summed E-state index contributed by atoms with van der Waals surface area (Å²) in [6, 6.07) is 4.44. The van der Waals surface area contributed by atoms with Crippen molar-refractivity contribution in [2.75, 3.05) is 27.2 Å². The molecule has 1 atom stereocenters. The van der Waals surface area contributed by atoms with E-state index < -0.39 is 22.1 Å². The monoisotopic (exact) mass is 382 g/mol. The molecule has 1 heterocycles. The van der Waals surface area contributed by atoms with Gasteiger partial charge in [0.2, 0.25) is 10.0 Å². The molecule has 1 aliphatic rings. The number of aryl methyl sites for hydroxylation is 1. The Morgan fingerprint density at radius 2 is 1.77 bits per heavy atom. The molecule has 0 saturated carbocycles. The molecular formula is C18H26N2O5S. The van der Waals surface area contributed by atoms with Crippen LogP contribution in [-0.2, 0) is 19.6 Å². The van der Waals surface area contributed by atoms with E-state index in [1.165, 1.54) is 28.3 Å². The number of sulfonamides is 1. The Hall–Kier alpha value is -1.93. The van der Waals surface area contributed by atoms with Crippen LogP contribution in [0.25, 0.3) is 0 Å². The molecule has 0 aliphatic carbocycles. The second-order valence-electron chi connectivity index (χ2n) is 6.72. The van der Waals surface area contributed by atoms with Gasteiger partial charge >= 0.3 is 5.97 Å². The third-order valence-electron chi connectivity index (χ3n) is 4.45. The molecule has 1 amide bonds. The topological polar surface area (TPSA) is 84.0 Å². The average molecular weight is 382 g/mol. The minimum Gasteiger partial charge on any atom is -0.449 e. The lowest BCUT2D eigenvalue weighted by atomic mass is 10.1. The van der Waals surface area contributed by atoms with Crippen molar-refractivity contribution in [3.05, 3.63) is 29.3 Å². The highest BCUT2D eigenvalue weighted by atomic mass is 32.2. The van der Waals surface area contributed by atoms with E-state index in [9.17, 15) is 18.0 Å². The number of benzene rings is 1. The Morgan fingerprint density at radius 3 is 2.35 bits per heavy atom. The quantitative estimate of drug-likeness (QED) is 0.725. The van der Waals surface area contributed by atoms with Crippen molar-refractivity contribution in [2.24, 2.45) is 0 Å². The standard InChI is InChI=1S/C18H26N2O5S/c1-13-8-9-15(26(23,24)20-10-6-5-7-11-20)12-16(13)18(22)25-14(2)17(21)19(3)4/h8-9,12,14H,5-7,10-11H2,1-4H3. The SMILES string of the molecule is Cc1ccc(S(=O)(=O)N2CCCCC2)cc1C(=O)OC(C)C(=O)N(C)C. The molecule has 2 rings (SSSR count). The van der Waals surface area contributed by atoms with E-state index in [2.05, 4.69) is 0 Å². The molecule has 1 aromatic rings. The molecule has 7 nitrogen and oxygen atoms in total. The Kier molecular flexibility index (Phi) is 6.41. The van der Waals surface area contributed by atoms with Crippen molar-refractivity contribution >= 4 is 21.9 Å². The van der Waals surface area contributed by atoms with Gasteiger partial charge in [0, 0.05) is 27.2 Å². The van der Waals surface area contributed by atoms with Gasteiger partial charge in [0.1, 0.15) is 0 Å². The maximum absolute atomic E-state index is 12.8. The summed E-state index contributed by atoms with van der Waals surface area (Å²) in [6.07, 6.45) is 1.75. The molecule has 0 radical (unpaired) electrons. The third-order valence-corrected chi connectivity index (χ3v) is 6.35. The molecule has 1 fully saturated rings. The van der Waals surface area contributed by atoms with Crippen molar-refractivity contribution in [3.8, 4) is 0 Å².